The molecule has 8 heteroatoms. The van der Waals surface area contributed by atoms with Crippen molar-refractivity contribution in [2.24, 2.45) is 0 Å². The maximum Gasteiger partial charge on any atom is 0.246 e. The fourth-order valence-electron chi connectivity index (χ4n) is 1.97. The highest BCUT2D eigenvalue weighted by atomic mass is 79.9. The lowest BCUT2D eigenvalue weighted by molar-refractivity contribution is 0.415. The summed E-state index contributed by atoms with van der Waals surface area (Å²) in [5.41, 5.74) is 0. The van der Waals surface area contributed by atoms with Gasteiger partial charge in [0.05, 0.1) is 0 Å². The van der Waals surface area contributed by atoms with E-state index in [0.717, 1.165) is 12.2 Å². The van der Waals surface area contributed by atoms with Crippen molar-refractivity contribution >= 4 is 49.3 Å². The van der Waals surface area contributed by atoms with Gasteiger partial charge in [0, 0.05) is 34.3 Å². The van der Waals surface area contributed by atoms with Crippen LogP contribution >= 0.6 is 39.3 Å². The first-order valence-electron chi connectivity index (χ1n) is 6.17. The lowest BCUT2D eigenvalue weighted by atomic mass is 10.1. The van der Waals surface area contributed by atoms with Gasteiger partial charge in [-0.05, 0) is 28.4 Å². The molecule has 0 spiro atoms. The van der Waals surface area contributed by atoms with Gasteiger partial charge in [-0.2, -0.15) is 16.1 Å². The first-order valence-corrected chi connectivity index (χ1v) is 9.77. The molecule has 1 fully saturated rings. The van der Waals surface area contributed by atoms with Crippen LogP contribution in [0, 0.1) is 0 Å². The molecule has 0 bridgehead atoms. The number of aromatic nitrogens is 1. The predicted octanol–water partition coefficient (Wildman–Crippen LogP) is 3.40. The van der Waals surface area contributed by atoms with Crippen molar-refractivity contribution in [3.8, 4) is 0 Å². The van der Waals surface area contributed by atoms with Gasteiger partial charge >= 0.3 is 0 Å². The smallest absolute Gasteiger partial charge is 0.242 e. The highest BCUT2D eigenvalue weighted by Crippen LogP contribution is 2.33. The Hall–Kier alpha value is 0.180. The molecule has 0 N–H and O–H groups in total. The maximum atomic E-state index is 12.7. The van der Waals surface area contributed by atoms with Crippen molar-refractivity contribution in [2.75, 3.05) is 18.8 Å². The van der Waals surface area contributed by atoms with Gasteiger partial charge < -0.3 is 0 Å². The average molecular weight is 400 g/mol. The molecular weight excluding hydrogens is 384 g/mol. The average Bonchev–Trinajstić information content (AvgIpc) is 2.53. The van der Waals surface area contributed by atoms with Crippen molar-refractivity contribution in [1.82, 2.24) is 9.29 Å². The Morgan fingerprint density at radius 3 is 2.85 bits per heavy atom. The van der Waals surface area contributed by atoms with Gasteiger partial charge in [0.15, 0.2) is 0 Å². The third-order valence-corrected chi connectivity index (χ3v) is 7.32. The summed E-state index contributed by atoms with van der Waals surface area (Å²) in [4.78, 5) is 3.97. The summed E-state index contributed by atoms with van der Waals surface area (Å²) in [6.45, 7) is 5.29. The van der Waals surface area contributed by atoms with Gasteiger partial charge in [-0.1, -0.05) is 25.4 Å². The second kappa shape index (κ2) is 6.12. The Bertz CT molecular complexity index is 607. The van der Waals surface area contributed by atoms with E-state index in [4.69, 9.17) is 11.6 Å². The summed E-state index contributed by atoms with van der Waals surface area (Å²) in [6.07, 6.45) is 2.30. The fourth-order valence-corrected chi connectivity index (χ4v) is 5.54. The SMILES string of the molecule is CC1(C)CCN(S(=O)(=O)c2cc(Br)cnc2Cl)CCS1. The molecule has 0 saturated carbocycles. The Morgan fingerprint density at radius 2 is 2.15 bits per heavy atom. The molecule has 112 valence electrons. The lowest BCUT2D eigenvalue weighted by Gasteiger charge is -2.22. The standard InChI is InChI=1S/C12H16BrClN2O2S2/c1-12(2)3-4-16(5-6-19-12)20(17,18)10-7-9(13)8-15-11(10)14/h7-8H,3-6H2,1-2H3. The van der Waals surface area contributed by atoms with Crippen LogP contribution in [0.15, 0.2) is 21.6 Å². The Labute approximate surface area is 137 Å². The van der Waals surface area contributed by atoms with E-state index in [0.29, 0.717) is 17.6 Å². The first-order chi connectivity index (χ1) is 9.22. The monoisotopic (exact) mass is 398 g/mol. The number of rotatable bonds is 2. The zero-order valence-corrected chi connectivity index (χ0v) is 15.2. The van der Waals surface area contributed by atoms with Crippen LogP contribution in [0.4, 0.5) is 0 Å². The Morgan fingerprint density at radius 1 is 1.45 bits per heavy atom. The minimum Gasteiger partial charge on any atom is -0.242 e. The van der Waals surface area contributed by atoms with Crippen molar-refractivity contribution in [3.05, 3.63) is 21.9 Å². The molecule has 0 unspecified atom stereocenters. The van der Waals surface area contributed by atoms with E-state index in [1.807, 2.05) is 0 Å². The number of hydrogen-bond donors (Lipinski definition) is 0. The summed E-state index contributed by atoms with van der Waals surface area (Å²) in [6, 6.07) is 1.51. The van der Waals surface area contributed by atoms with Gasteiger partial charge in [-0.15, -0.1) is 0 Å². The lowest BCUT2D eigenvalue weighted by Crippen LogP contribution is -2.34. The molecule has 4 nitrogen and oxygen atoms in total. The predicted molar refractivity (Wildman–Crippen MR) is 86.9 cm³/mol. The molecule has 2 heterocycles. The summed E-state index contributed by atoms with van der Waals surface area (Å²) >= 11 is 11.0. The molecule has 0 aromatic carbocycles. The quantitative estimate of drug-likeness (QED) is 0.715. The Balaban J connectivity index is 2.33. The van der Waals surface area contributed by atoms with Crippen molar-refractivity contribution in [1.29, 1.82) is 0 Å². The molecule has 20 heavy (non-hydrogen) atoms. The molecule has 0 atom stereocenters. The third-order valence-electron chi connectivity index (χ3n) is 3.19. The van der Waals surface area contributed by atoms with Crippen LogP contribution in [0.1, 0.15) is 20.3 Å². The van der Waals surface area contributed by atoms with Crippen LogP contribution in [0.25, 0.3) is 0 Å². The van der Waals surface area contributed by atoms with Gasteiger partial charge in [0.1, 0.15) is 10.0 Å². The minimum atomic E-state index is -3.59. The van der Waals surface area contributed by atoms with E-state index in [-0.39, 0.29) is 14.8 Å². The molecule has 1 aromatic heterocycles. The van der Waals surface area contributed by atoms with Gasteiger partial charge in [-0.25, -0.2) is 13.4 Å². The largest absolute Gasteiger partial charge is 0.246 e. The maximum absolute atomic E-state index is 12.7. The number of thioether (sulfide) groups is 1. The van der Waals surface area contributed by atoms with Crippen LogP contribution < -0.4 is 0 Å². The van der Waals surface area contributed by atoms with Crippen molar-refractivity contribution in [2.45, 2.75) is 29.9 Å². The molecule has 0 amide bonds. The number of sulfonamides is 1. The fraction of sp³-hybridized carbons (Fsp3) is 0.583. The van der Waals surface area contributed by atoms with E-state index in [1.165, 1.54) is 16.6 Å². The normalized spacial score (nSPS) is 20.6. The summed E-state index contributed by atoms with van der Waals surface area (Å²) in [7, 11) is -3.59. The zero-order valence-electron chi connectivity index (χ0n) is 11.3. The van der Waals surface area contributed by atoms with Gasteiger partial charge in [0.25, 0.3) is 0 Å². The van der Waals surface area contributed by atoms with Crippen LogP contribution in [0.3, 0.4) is 0 Å². The van der Waals surface area contributed by atoms with E-state index in [9.17, 15) is 8.42 Å². The van der Waals surface area contributed by atoms with Crippen LogP contribution in [0.2, 0.25) is 5.15 Å². The number of halogens is 2. The molecule has 1 aromatic rings. The Kier molecular flexibility index (Phi) is 5.07. The molecule has 1 aliphatic heterocycles. The van der Waals surface area contributed by atoms with Crippen LogP contribution in [-0.4, -0.2) is 41.3 Å². The summed E-state index contributed by atoms with van der Waals surface area (Å²) in [5, 5.41) is 0.0179. The topological polar surface area (TPSA) is 50.3 Å². The zero-order chi connectivity index (χ0) is 15.0. The second-order valence-electron chi connectivity index (χ2n) is 5.20. The summed E-state index contributed by atoms with van der Waals surface area (Å²) < 4.78 is 27.6. The molecule has 1 saturated heterocycles. The van der Waals surface area contributed by atoms with Gasteiger partial charge in [0.2, 0.25) is 10.0 Å². The minimum absolute atomic E-state index is 0.0179. The molecular formula is C12H16BrClN2O2S2. The molecule has 2 rings (SSSR count). The van der Waals surface area contributed by atoms with Crippen LogP contribution in [-0.2, 0) is 10.0 Å². The summed E-state index contributed by atoms with van der Waals surface area (Å²) in [5.74, 6) is 0.783. The number of pyridine rings is 1. The van der Waals surface area contributed by atoms with E-state index in [2.05, 4.69) is 34.8 Å². The molecule has 0 aliphatic carbocycles. The number of hydrogen-bond acceptors (Lipinski definition) is 4. The highest BCUT2D eigenvalue weighted by Gasteiger charge is 2.32. The van der Waals surface area contributed by atoms with E-state index < -0.39 is 10.0 Å². The molecule has 1 aliphatic rings. The third kappa shape index (κ3) is 3.68. The van der Waals surface area contributed by atoms with Gasteiger partial charge in [-0.3, -0.25) is 0 Å². The van der Waals surface area contributed by atoms with Crippen LogP contribution in [0.5, 0.6) is 0 Å². The second-order valence-corrected chi connectivity index (χ2v) is 10.2. The molecule has 0 radical (unpaired) electrons. The van der Waals surface area contributed by atoms with Crippen molar-refractivity contribution in [3.63, 3.8) is 0 Å². The van der Waals surface area contributed by atoms with E-state index >= 15 is 0 Å². The highest BCUT2D eigenvalue weighted by molar-refractivity contribution is 9.10. The van der Waals surface area contributed by atoms with Crippen molar-refractivity contribution < 1.29 is 8.42 Å². The first kappa shape index (κ1) is 16.5. The number of nitrogens with zero attached hydrogens (tertiary/aromatic N) is 2. The van der Waals surface area contributed by atoms with E-state index in [1.54, 1.807) is 11.8 Å².